The molecule has 0 bridgehead atoms. The number of aliphatic imine (C=N–C) groups is 1. The lowest BCUT2D eigenvalue weighted by molar-refractivity contribution is -0.0684. The summed E-state index contributed by atoms with van der Waals surface area (Å²) in [6.07, 6.45) is -0.771. The first-order valence-electron chi connectivity index (χ1n) is 4.91. The average molecular weight is 216 g/mol. The highest BCUT2D eigenvalue weighted by Crippen LogP contribution is 2.11. The minimum atomic E-state index is -1.13. The summed E-state index contributed by atoms with van der Waals surface area (Å²) >= 11 is 0. The monoisotopic (exact) mass is 216 g/mol. The summed E-state index contributed by atoms with van der Waals surface area (Å²) in [6.45, 7) is 3.87. The summed E-state index contributed by atoms with van der Waals surface area (Å²) in [7, 11) is 1.63. The quantitative estimate of drug-likeness (QED) is 0.431. The van der Waals surface area contributed by atoms with Crippen LogP contribution in [0.25, 0.3) is 0 Å². The van der Waals surface area contributed by atoms with E-state index in [4.69, 9.17) is 15.6 Å². The van der Waals surface area contributed by atoms with Gasteiger partial charge < -0.3 is 20.7 Å². The van der Waals surface area contributed by atoms with Crippen LogP contribution in [0.5, 0.6) is 0 Å². The molecule has 0 aromatic rings. The molecule has 1 atom stereocenters. The smallest absolute Gasteiger partial charge is 0.196 e. The largest absolute Gasteiger partial charge is 0.398 e. The van der Waals surface area contributed by atoms with Gasteiger partial charge in [0.2, 0.25) is 0 Å². The summed E-state index contributed by atoms with van der Waals surface area (Å²) in [5.74, 6) is 0. The fourth-order valence-electron chi connectivity index (χ4n) is 1.18. The van der Waals surface area contributed by atoms with Crippen LogP contribution in [0.3, 0.4) is 0 Å². The molecule has 0 radical (unpaired) electrons. The molecule has 0 fully saturated rings. The number of aliphatic hydroxyl groups excluding tert-OH is 2. The molecule has 0 aromatic carbocycles. The van der Waals surface area contributed by atoms with E-state index in [1.54, 1.807) is 20.9 Å². The zero-order chi connectivity index (χ0) is 11.8. The van der Waals surface area contributed by atoms with Crippen molar-refractivity contribution in [3.8, 4) is 0 Å². The van der Waals surface area contributed by atoms with Crippen LogP contribution in [0.4, 0.5) is 0 Å². The van der Waals surface area contributed by atoms with Gasteiger partial charge in [-0.1, -0.05) is 0 Å². The van der Waals surface area contributed by atoms with Crippen LogP contribution in [-0.2, 0) is 4.74 Å². The Kier molecular flexibility index (Phi) is 6.94. The van der Waals surface area contributed by atoms with Gasteiger partial charge in [0, 0.05) is 26.0 Å². The van der Waals surface area contributed by atoms with E-state index in [9.17, 15) is 5.11 Å². The van der Waals surface area contributed by atoms with Crippen molar-refractivity contribution in [3.05, 3.63) is 11.3 Å². The molecule has 0 aliphatic carbocycles. The number of ether oxygens (including phenoxy) is 1. The molecule has 0 saturated carbocycles. The lowest BCUT2D eigenvalue weighted by atomic mass is 10.1. The van der Waals surface area contributed by atoms with Crippen molar-refractivity contribution in [1.29, 1.82) is 0 Å². The van der Waals surface area contributed by atoms with E-state index in [1.807, 2.05) is 0 Å². The molecule has 1 unspecified atom stereocenters. The van der Waals surface area contributed by atoms with Gasteiger partial charge in [-0.3, -0.25) is 4.99 Å². The van der Waals surface area contributed by atoms with E-state index in [-0.39, 0.29) is 12.3 Å². The standard InChI is InChI=1S/C10H20N2O3/c1-4-15-10(14)9(11)8(5-6-13)7(2)12-3/h10,13-14H,4-6,11H2,1-3H3/b9-8-,12-7?. The summed E-state index contributed by atoms with van der Waals surface area (Å²) in [5.41, 5.74) is 7.27. The van der Waals surface area contributed by atoms with Crippen LogP contribution in [0.2, 0.25) is 0 Å². The van der Waals surface area contributed by atoms with Gasteiger partial charge in [-0.05, 0) is 25.8 Å². The Morgan fingerprint density at radius 3 is 2.53 bits per heavy atom. The van der Waals surface area contributed by atoms with Gasteiger partial charge >= 0.3 is 0 Å². The molecule has 88 valence electrons. The fourth-order valence-corrected chi connectivity index (χ4v) is 1.18. The summed E-state index contributed by atoms with van der Waals surface area (Å²) in [4.78, 5) is 3.97. The summed E-state index contributed by atoms with van der Waals surface area (Å²) in [6, 6.07) is 0. The minimum Gasteiger partial charge on any atom is -0.398 e. The molecule has 0 saturated heterocycles. The topological polar surface area (TPSA) is 88.1 Å². The molecule has 0 aliphatic rings. The Hall–Kier alpha value is -0.910. The molecule has 0 heterocycles. The van der Waals surface area contributed by atoms with Gasteiger partial charge in [0.05, 0.1) is 5.70 Å². The predicted molar refractivity (Wildman–Crippen MR) is 59.6 cm³/mol. The van der Waals surface area contributed by atoms with Crippen LogP contribution in [0, 0.1) is 0 Å². The highest BCUT2D eigenvalue weighted by molar-refractivity contribution is 5.98. The molecule has 0 amide bonds. The van der Waals surface area contributed by atoms with Crippen molar-refractivity contribution >= 4 is 5.71 Å². The van der Waals surface area contributed by atoms with Gasteiger partial charge in [0.1, 0.15) is 0 Å². The number of rotatable bonds is 6. The Bertz CT molecular complexity index is 249. The van der Waals surface area contributed by atoms with Crippen molar-refractivity contribution in [2.75, 3.05) is 20.3 Å². The minimum absolute atomic E-state index is 0.0399. The van der Waals surface area contributed by atoms with Gasteiger partial charge in [0.25, 0.3) is 0 Å². The normalized spacial score (nSPS) is 16.2. The number of hydrogen-bond acceptors (Lipinski definition) is 5. The Morgan fingerprint density at radius 1 is 1.53 bits per heavy atom. The number of nitrogens with two attached hydrogens (primary N) is 1. The maximum Gasteiger partial charge on any atom is 0.196 e. The molecule has 4 N–H and O–H groups in total. The van der Waals surface area contributed by atoms with E-state index in [1.165, 1.54) is 0 Å². The van der Waals surface area contributed by atoms with Crippen molar-refractivity contribution < 1.29 is 14.9 Å². The molecule has 0 spiro atoms. The summed E-state index contributed by atoms with van der Waals surface area (Å²) in [5, 5.41) is 18.4. The van der Waals surface area contributed by atoms with Crippen LogP contribution in [0.1, 0.15) is 20.3 Å². The molecular weight excluding hydrogens is 196 g/mol. The van der Waals surface area contributed by atoms with E-state index in [2.05, 4.69) is 4.99 Å². The number of hydrogen-bond donors (Lipinski definition) is 3. The maximum atomic E-state index is 9.52. The third kappa shape index (κ3) is 4.42. The first-order chi connectivity index (χ1) is 7.08. The molecule has 5 heteroatoms. The molecule has 0 aliphatic heterocycles. The van der Waals surface area contributed by atoms with Crippen molar-refractivity contribution in [2.45, 2.75) is 26.6 Å². The molecule has 15 heavy (non-hydrogen) atoms. The zero-order valence-corrected chi connectivity index (χ0v) is 9.53. The Labute approximate surface area is 90.3 Å². The fraction of sp³-hybridized carbons (Fsp3) is 0.700. The number of nitrogens with zero attached hydrogens (tertiary/aromatic N) is 1. The van der Waals surface area contributed by atoms with Crippen molar-refractivity contribution in [1.82, 2.24) is 0 Å². The van der Waals surface area contributed by atoms with Gasteiger partial charge in [-0.15, -0.1) is 0 Å². The van der Waals surface area contributed by atoms with E-state index in [0.29, 0.717) is 24.3 Å². The van der Waals surface area contributed by atoms with Crippen molar-refractivity contribution in [3.63, 3.8) is 0 Å². The highest BCUT2D eigenvalue weighted by atomic mass is 16.6. The van der Waals surface area contributed by atoms with E-state index in [0.717, 1.165) is 0 Å². The maximum absolute atomic E-state index is 9.52. The molecule has 0 aromatic heterocycles. The van der Waals surface area contributed by atoms with Crippen molar-refractivity contribution in [2.24, 2.45) is 10.7 Å². The van der Waals surface area contributed by atoms with Gasteiger partial charge in [-0.2, -0.15) is 0 Å². The second-order valence-corrected chi connectivity index (χ2v) is 3.02. The van der Waals surface area contributed by atoms with Gasteiger partial charge in [0.15, 0.2) is 6.29 Å². The van der Waals surface area contributed by atoms with Crippen LogP contribution >= 0.6 is 0 Å². The Morgan fingerprint density at radius 2 is 2.13 bits per heavy atom. The zero-order valence-electron chi connectivity index (χ0n) is 9.53. The van der Waals surface area contributed by atoms with Crippen LogP contribution in [-0.4, -0.2) is 42.5 Å². The number of aliphatic hydroxyl groups is 2. The third-order valence-corrected chi connectivity index (χ3v) is 2.07. The molecule has 0 rings (SSSR count). The van der Waals surface area contributed by atoms with Gasteiger partial charge in [-0.25, -0.2) is 0 Å². The Balaban J connectivity index is 4.90. The molecular formula is C10H20N2O3. The summed E-state index contributed by atoms with van der Waals surface area (Å²) < 4.78 is 4.96. The third-order valence-electron chi connectivity index (χ3n) is 2.07. The van der Waals surface area contributed by atoms with Crippen LogP contribution < -0.4 is 5.73 Å². The second kappa shape index (κ2) is 7.39. The van der Waals surface area contributed by atoms with E-state index < -0.39 is 6.29 Å². The second-order valence-electron chi connectivity index (χ2n) is 3.02. The predicted octanol–water partition coefficient (Wildman–Crippen LogP) is 0.0272. The van der Waals surface area contributed by atoms with Crippen LogP contribution in [0.15, 0.2) is 16.3 Å². The first kappa shape index (κ1) is 14.1. The first-order valence-corrected chi connectivity index (χ1v) is 4.91. The lowest BCUT2D eigenvalue weighted by Gasteiger charge is -2.16. The molecule has 5 nitrogen and oxygen atoms in total. The lowest BCUT2D eigenvalue weighted by Crippen LogP contribution is -2.25. The average Bonchev–Trinajstić information content (AvgIpc) is 2.24. The van der Waals surface area contributed by atoms with E-state index >= 15 is 0 Å². The SMILES string of the molecule is CCOC(O)/C(N)=C(\CCO)C(C)=NC. The highest BCUT2D eigenvalue weighted by Gasteiger charge is 2.14.